The van der Waals surface area contributed by atoms with E-state index in [1.54, 1.807) is 0 Å². The van der Waals surface area contributed by atoms with Crippen LogP contribution in [0.1, 0.15) is 19.3 Å². The van der Waals surface area contributed by atoms with Crippen molar-refractivity contribution in [3.05, 3.63) is 0 Å². The molecule has 2 saturated heterocycles. The van der Waals surface area contributed by atoms with Gasteiger partial charge in [0.1, 0.15) is 0 Å². The molecule has 2 aliphatic heterocycles. The zero-order chi connectivity index (χ0) is 8.93. The summed E-state index contributed by atoms with van der Waals surface area (Å²) >= 11 is 1.94. The zero-order valence-electron chi connectivity index (χ0n) is 7.70. The molecule has 3 nitrogen and oxygen atoms in total. The van der Waals surface area contributed by atoms with Gasteiger partial charge in [0.05, 0.1) is 18.9 Å². The predicted octanol–water partition coefficient (Wildman–Crippen LogP) is 1.67. The van der Waals surface area contributed by atoms with E-state index in [1.807, 2.05) is 11.8 Å². The van der Waals surface area contributed by atoms with Crippen LogP contribution < -0.4 is 0 Å². The zero-order valence-corrected chi connectivity index (χ0v) is 8.52. The van der Waals surface area contributed by atoms with Crippen LogP contribution in [0, 0.1) is 0 Å². The van der Waals surface area contributed by atoms with Crippen molar-refractivity contribution in [2.75, 3.05) is 24.7 Å². The SMILES string of the molecule is C1CSC/C(=N/OC2CCOC2)C1. The van der Waals surface area contributed by atoms with Crippen LogP contribution in [0.4, 0.5) is 0 Å². The van der Waals surface area contributed by atoms with Gasteiger partial charge in [-0.3, -0.25) is 0 Å². The van der Waals surface area contributed by atoms with Gasteiger partial charge in [0.2, 0.25) is 0 Å². The average molecular weight is 201 g/mol. The summed E-state index contributed by atoms with van der Waals surface area (Å²) in [6, 6.07) is 0. The van der Waals surface area contributed by atoms with Gasteiger partial charge in [0.15, 0.2) is 6.10 Å². The number of thioether (sulfide) groups is 1. The largest absolute Gasteiger partial charge is 0.390 e. The van der Waals surface area contributed by atoms with Crippen molar-refractivity contribution < 1.29 is 9.57 Å². The molecule has 0 saturated carbocycles. The Morgan fingerprint density at radius 1 is 1.54 bits per heavy atom. The Morgan fingerprint density at radius 3 is 3.23 bits per heavy atom. The summed E-state index contributed by atoms with van der Waals surface area (Å²) in [5.41, 5.74) is 1.21. The Balaban J connectivity index is 1.74. The van der Waals surface area contributed by atoms with Gasteiger partial charge in [-0.1, -0.05) is 5.16 Å². The van der Waals surface area contributed by atoms with Crippen molar-refractivity contribution >= 4 is 17.5 Å². The second-order valence-electron chi connectivity index (χ2n) is 3.40. The van der Waals surface area contributed by atoms with E-state index in [0.29, 0.717) is 6.61 Å². The molecular weight excluding hydrogens is 186 g/mol. The third-order valence-electron chi connectivity index (χ3n) is 2.24. The fraction of sp³-hybridized carbons (Fsp3) is 0.889. The van der Waals surface area contributed by atoms with Crippen molar-refractivity contribution in [3.8, 4) is 0 Å². The molecule has 0 N–H and O–H groups in total. The van der Waals surface area contributed by atoms with E-state index in [9.17, 15) is 0 Å². The minimum absolute atomic E-state index is 0.208. The quantitative estimate of drug-likeness (QED) is 0.637. The van der Waals surface area contributed by atoms with Gasteiger partial charge in [0, 0.05) is 12.2 Å². The van der Waals surface area contributed by atoms with Gasteiger partial charge in [0.25, 0.3) is 0 Å². The van der Waals surface area contributed by atoms with Crippen molar-refractivity contribution in [1.29, 1.82) is 0 Å². The summed E-state index contributed by atoms with van der Waals surface area (Å²) in [5, 5.41) is 4.18. The molecule has 0 aromatic heterocycles. The fourth-order valence-electron chi connectivity index (χ4n) is 1.46. The highest BCUT2D eigenvalue weighted by Gasteiger charge is 2.17. The summed E-state index contributed by atoms with van der Waals surface area (Å²) in [7, 11) is 0. The Bertz CT molecular complexity index is 182. The Labute approximate surface area is 82.8 Å². The number of ether oxygens (including phenoxy) is 1. The lowest BCUT2D eigenvalue weighted by atomic mass is 10.2. The summed E-state index contributed by atoms with van der Waals surface area (Å²) in [4.78, 5) is 5.39. The molecule has 0 aromatic carbocycles. The van der Waals surface area contributed by atoms with E-state index in [0.717, 1.165) is 25.2 Å². The molecule has 2 rings (SSSR count). The maximum Gasteiger partial charge on any atom is 0.152 e. The molecule has 0 spiro atoms. The number of hydrogen-bond acceptors (Lipinski definition) is 4. The van der Waals surface area contributed by atoms with Crippen molar-refractivity contribution in [1.82, 2.24) is 0 Å². The highest BCUT2D eigenvalue weighted by Crippen LogP contribution is 2.16. The number of oxime groups is 1. The molecule has 0 radical (unpaired) electrons. The molecule has 0 bridgehead atoms. The van der Waals surface area contributed by atoms with Crippen LogP contribution >= 0.6 is 11.8 Å². The molecule has 1 atom stereocenters. The van der Waals surface area contributed by atoms with Gasteiger partial charge in [-0.25, -0.2) is 0 Å². The van der Waals surface area contributed by atoms with Crippen LogP contribution in [0.2, 0.25) is 0 Å². The average Bonchev–Trinajstić information content (AvgIpc) is 2.69. The second-order valence-corrected chi connectivity index (χ2v) is 4.51. The summed E-state index contributed by atoms with van der Waals surface area (Å²) in [6.07, 6.45) is 3.55. The van der Waals surface area contributed by atoms with Crippen molar-refractivity contribution in [3.63, 3.8) is 0 Å². The van der Waals surface area contributed by atoms with E-state index >= 15 is 0 Å². The highest BCUT2D eigenvalue weighted by molar-refractivity contribution is 8.00. The molecule has 0 amide bonds. The molecule has 2 aliphatic rings. The number of nitrogens with zero attached hydrogens (tertiary/aromatic N) is 1. The molecule has 0 aliphatic carbocycles. The highest BCUT2D eigenvalue weighted by atomic mass is 32.2. The first kappa shape index (κ1) is 9.34. The minimum Gasteiger partial charge on any atom is -0.390 e. The molecule has 2 fully saturated rings. The lowest BCUT2D eigenvalue weighted by molar-refractivity contribution is 0.0470. The first-order valence-electron chi connectivity index (χ1n) is 4.82. The van der Waals surface area contributed by atoms with Crippen LogP contribution in [0.25, 0.3) is 0 Å². The molecule has 74 valence electrons. The molecule has 4 heteroatoms. The number of rotatable bonds is 2. The summed E-state index contributed by atoms with van der Waals surface area (Å²) in [5.74, 6) is 2.32. The molecular formula is C9H15NO2S. The molecule has 1 unspecified atom stereocenters. The third kappa shape index (κ3) is 2.88. The monoisotopic (exact) mass is 201 g/mol. The van der Waals surface area contributed by atoms with E-state index in [-0.39, 0.29) is 6.10 Å². The van der Waals surface area contributed by atoms with E-state index in [2.05, 4.69) is 5.16 Å². The maximum atomic E-state index is 5.39. The van der Waals surface area contributed by atoms with Crippen molar-refractivity contribution in [2.45, 2.75) is 25.4 Å². The summed E-state index contributed by atoms with van der Waals surface area (Å²) < 4.78 is 5.20. The molecule has 0 aromatic rings. The minimum atomic E-state index is 0.208. The Kier molecular flexibility index (Phi) is 3.49. The first-order valence-corrected chi connectivity index (χ1v) is 5.97. The number of hydrogen-bond donors (Lipinski definition) is 0. The van der Waals surface area contributed by atoms with Gasteiger partial charge >= 0.3 is 0 Å². The Morgan fingerprint density at radius 2 is 2.54 bits per heavy atom. The van der Waals surface area contributed by atoms with Crippen LogP contribution in [-0.2, 0) is 9.57 Å². The van der Waals surface area contributed by atoms with Crippen LogP contribution in [0.15, 0.2) is 5.16 Å². The fourth-order valence-corrected chi connectivity index (χ4v) is 2.38. The maximum absolute atomic E-state index is 5.39. The Hall–Kier alpha value is -0.220. The first-order chi connectivity index (χ1) is 6.45. The second kappa shape index (κ2) is 4.86. The standard InChI is InChI=1S/C9H15NO2S/c1-2-8(7-13-5-1)10-12-9-3-4-11-6-9/h9H,1-7H2/b10-8+. The molecule has 2 heterocycles. The predicted molar refractivity (Wildman–Crippen MR) is 54.3 cm³/mol. The lowest BCUT2D eigenvalue weighted by Gasteiger charge is -2.12. The van der Waals surface area contributed by atoms with Gasteiger partial charge in [-0.15, -0.1) is 0 Å². The van der Waals surface area contributed by atoms with E-state index < -0.39 is 0 Å². The van der Waals surface area contributed by atoms with E-state index in [4.69, 9.17) is 9.57 Å². The van der Waals surface area contributed by atoms with Gasteiger partial charge in [-0.05, 0) is 18.6 Å². The van der Waals surface area contributed by atoms with Crippen LogP contribution in [-0.4, -0.2) is 36.5 Å². The van der Waals surface area contributed by atoms with Crippen LogP contribution in [0.5, 0.6) is 0 Å². The van der Waals surface area contributed by atoms with Crippen molar-refractivity contribution in [2.24, 2.45) is 5.16 Å². The topological polar surface area (TPSA) is 30.8 Å². The summed E-state index contributed by atoms with van der Waals surface area (Å²) in [6.45, 7) is 1.54. The normalized spacial score (nSPS) is 32.3. The van der Waals surface area contributed by atoms with Crippen LogP contribution in [0.3, 0.4) is 0 Å². The van der Waals surface area contributed by atoms with E-state index in [1.165, 1.54) is 17.9 Å². The lowest BCUT2D eigenvalue weighted by Crippen LogP contribution is -2.14. The third-order valence-corrected chi connectivity index (χ3v) is 3.36. The smallest absolute Gasteiger partial charge is 0.152 e. The molecule has 13 heavy (non-hydrogen) atoms. The van der Waals surface area contributed by atoms with Gasteiger partial charge < -0.3 is 9.57 Å². The van der Waals surface area contributed by atoms with Gasteiger partial charge in [-0.2, -0.15) is 11.8 Å².